The van der Waals surface area contributed by atoms with Crippen LogP contribution >= 0.6 is 0 Å². The van der Waals surface area contributed by atoms with E-state index >= 15 is 0 Å². The lowest BCUT2D eigenvalue weighted by Crippen LogP contribution is -2.48. The van der Waals surface area contributed by atoms with Crippen molar-refractivity contribution in [1.29, 1.82) is 0 Å². The maximum absolute atomic E-state index is 3.46. The second-order valence-electron chi connectivity index (χ2n) is 5.48. The van der Waals surface area contributed by atoms with Crippen molar-refractivity contribution in [3.63, 3.8) is 0 Å². The van der Waals surface area contributed by atoms with Crippen molar-refractivity contribution in [2.24, 2.45) is 5.92 Å². The molecule has 0 bridgehead atoms. The van der Waals surface area contributed by atoms with Gasteiger partial charge >= 0.3 is 0 Å². The molecule has 2 saturated heterocycles. The Bertz CT molecular complexity index is 351. The molecule has 0 amide bonds. The summed E-state index contributed by atoms with van der Waals surface area (Å²) in [5.41, 5.74) is 1.37. The Balaban J connectivity index is 1.49. The van der Waals surface area contributed by atoms with Crippen LogP contribution in [-0.2, 0) is 0 Å². The Hall–Kier alpha value is -1.06. The lowest BCUT2D eigenvalue weighted by molar-refractivity contribution is 0.225. The molecule has 2 fully saturated rings. The summed E-state index contributed by atoms with van der Waals surface area (Å²) in [5.74, 6) is 0.883. The molecule has 18 heavy (non-hydrogen) atoms. The van der Waals surface area contributed by atoms with Gasteiger partial charge in [0.15, 0.2) is 0 Å². The maximum atomic E-state index is 3.46. The molecule has 0 aromatic heterocycles. The first-order chi connectivity index (χ1) is 8.92. The van der Waals surface area contributed by atoms with E-state index < -0.39 is 0 Å². The van der Waals surface area contributed by atoms with Crippen molar-refractivity contribution in [2.75, 3.05) is 50.7 Å². The van der Waals surface area contributed by atoms with E-state index in [4.69, 9.17) is 0 Å². The topological polar surface area (TPSA) is 18.5 Å². The van der Waals surface area contributed by atoms with Gasteiger partial charge in [-0.3, -0.25) is 4.90 Å². The summed E-state index contributed by atoms with van der Waals surface area (Å²) in [7, 11) is 0. The minimum Gasteiger partial charge on any atom is -0.369 e. The van der Waals surface area contributed by atoms with Crippen LogP contribution in [0.2, 0.25) is 0 Å². The van der Waals surface area contributed by atoms with Crippen molar-refractivity contribution in [1.82, 2.24) is 10.2 Å². The van der Waals surface area contributed by atoms with Gasteiger partial charge in [-0.05, 0) is 37.6 Å². The second kappa shape index (κ2) is 5.72. The van der Waals surface area contributed by atoms with Gasteiger partial charge < -0.3 is 10.2 Å². The van der Waals surface area contributed by atoms with Gasteiger partial charge in [0.1, 0.15) is 0 Å². The largest absolute Gasteiger partial charge is 0.369 e. The predicted octanol–water partition coefficient (Wildman–Crippen LogP) is 1.42. The third kappa shape index (κ3) is 2.85. The number of hydrogen-bond donors (Lipinski definition) is 1. The first kappa shape index (κ1) is 12.0. The smallest absolute Gasteiger partial charge is 0.0367 e. The number of anilines is 1. The highest BCUT2D eigenvalue weighted by atomic mass is 15.3. The quantitative estimate of drug-likeness (QED) is 0.869. The Labute approximate surface area is 110 Å². The summed E-state index contributed by atoms with van der Waals surface area (Å²) in [4.78, 5) is 5.14. The van der Waals surface area contributed by atoms with Crippen LogP contribution in [0, 0.1) is 5.92 Å². The summed E-state index contributed by atoms with van der Waals surface area (Å²) in [6.07, 6.45) is 1.36. The highest BCUT2D eigenvalue weighted by molar-refractivity contribution is 5.46. The number of hydrogen-bond acceptors (Lipinski definition) is 3. The molecule has 98 valence electrons. The fourth-order valence-corrected chi connectivity index (χ4v) is 3.06. The zero-order chi connectivity index (χ0) is 12.2. The van der Waals surface area contributed by atoms with Crippen molar-refractivity contribution in [3.8, 4) is 0 Å². The van der Waals surface area contributed by atoms with E-state index in [0.29, 0.717) is 0 Å². The van der Waals surface area contributed by atoms with Crippen LogP contribution in [0.5, 0.6) is 0 Å². The predicted molar refractivity (Wildman–Crippen MR) is 76.1 cm³/mol. The van der Waals surface area contributed by atoms with E-state index in [-0.39, 0.29) is 0 Å². The second-order valence-corrected chi connectivity index (χ2v) is 5.48. The Morgan fingerprint density at radius 2 is 1.83 bits per heavy atom. The molecule has 2 aliphatic rings. The Kier molecular flexibility index (Phi) is 3.81. The number of para-hydroxylation sites is 1. The lowest BCUT2D eigenvalue weighted by atomic mass is 10.1. The van der Waals surface area contributed by atoms with Gasteiger partial charge in [-0.15, -0.1) is 0 Å². The summed E-state index contributed by atoms with van der Waals surface area (Å²) < 4.78 is 0. The van der Waals surface area contributed by atoms with Crippen LogP contribution < -0.4 is 10.2 Å². The molecular weight excluding hydrogens is 222 g/mol. The van der Waals surface area contributed by atoms with Crippen molar-refractivity contribution < 1.29 is 0 Å². The molecule has 3 rings (SSSR count). The van der Waals surface area contributed by atoms with E-state index in [1.807, 2.05) is 0 Å². The molecule has 1 aromatic carbocycles. The monoisotopic (exact) mass is 245 g/mol. The molecule has 0 saturated carbocycles. The van der Waals surface area contributed by atoms with E-state index in [1.54, 1.807) is 0 Å². The average molecular weight is 245 g/mol. The van der Waals surface area contributed by atoms with Crippen LogP contribution in [-0.4, -0.2) is 50.7 Å². The highest BCUT2D eigenvalue weighted by Gasteiger charge is 2.21. The maximum Gasteiger partial charge on any atom is 0.0367 e. The van der Waals surface area contributed by atoms with E-state index in [2.05, 4.69) is 45.4 Å². The van der Waals surface area contributed by atoms with Gasteiger partial charge in [0.25, 0.3) is 0 Å². The third-order valence-corrected chi connectivity index (χ3v) is 4.17. The Morgan fingerprint density at radius 3 is 2.50 bits per heavy atom. The van der Waals surface area contributed by atoms with Crippen LogP contribution in [0.15, 0.2) is 30.3 Å². The normalized spacial score (nSPS) is 25.6. The number of nitrogens with one attached hydrogen (secondary N) is 1. The zero-order valence-corrected chi connectivity index (χ0v) is 11.0. The Morgan fingerprint density at radius 1 is 1.06 bits per heavy atom. The van der Waals surface area contributed by atoms with Gasteiger partial charge in [-0.25, -0.2) is 0 Å². The molecule has 1 unspecified atom stereocenters. The molecular formula is C15H23N3. The molecule has 2 heterocycles. The molecule has 0 spiro atoms. The summed E-state index contributed by atoms with van der Waals surface area (Å²) in [6.45, 7) is 8.49. The third-order valence-electron chi connectivity index (χ3n) is 4.17. The minimum absolute atomic E-state index is 0.883. The minimum atomic E-state index is 0.883. The number of rotatable bonds is 3. The lowest BCUT2D eigenvalue weighted by Gasteiger charge is -2.37. The van der Waals surface area contributed by atoms with Gasteiger partial charge in [0.2, 0.25) is 0 Å². The van der Waals surface area contributed by atoms with E-state index in [0.717, 1.165) is 5.92 Å². The average Bonchev–Trinajstić information content (AvgIpc) is 2.94. The van der Waals surface area contributed by atoms with Crippen molar-refractivity contribution in [2.45, 2.75) is 6.42 Å². The molecule has 1 N–H and O–H groups in total. The van der Waals surface area contributed by atoms with Gasteiger partial charge in [0, 0.05) is 38.4 Å². The fraction of sp³-hybridized carbons (Fsp3) is 0.600. The molecule has 2 aliphatic heterocycles. The zero-order valence-electron chi connectivity index (χ0n) is 11.0. The molecule has 1 atom stereocenters. The fourth-order valence-electron chi connectivity index (χ4n) is 3.06. The van der Waals surface area contributed by atoms with Crippen molar-refractivity contribution >= 4 is 5.69 Å². The summed E-state index contributed by atoms with van der Waals surface area (Å²) in [5, 5.41) is 3.46. The number of nitrogens with zero attached hydrogens (tertiary/aromatic N) is 2. The first-order valence-electron chi connectivity index (χ1n) is 7.15. The van der Waals surface area contributed by atoms with E-state index in [9.17, 15) is 0 Å². The highest BCUT2D eigenvalue weighted by Crippen LogP contribution is 2.17. The summed E-state index contributed by atoms with van der Waals surface area (Å²) >= 11 is 0. The van der Waals surface area contributed by atoms with Crippen LogP contribution in [0.4, 0.5) is 5.69 Å². The van der Waals surface area contributed by atoms with E-state index in [1.165, 1.54) is 57.9 Å². The molecule has 0 aliphatic carbocycles. The number of piperazine rings is 1. The van der Waals surface area contributed by atoms with Gasteiger partial charge in [0.05, 0.1) is 0 Å². The first-order valence-corrected chi connectivity index (χ1v) is 7.15. The van der Waals surface area contributed by atoms with Gasteiger partial charge in [-0.1, -0.05) is 18.2 Å². The van der Waals surface area contributed by atoms with Crippen LogP contribution in [0.1, 0.15) is 6.42 Å². The van der Waals surface area contributed by atoms with Crippen LogP contribution in [0.25, 0.3) is 0 Å². The molecule has 1 aromatic rings. The standard InChI is InChI=1S/C15H23N3/c1-2-4-15(5-3-1)18-10-8-17(9-11-18)13-14-6-7-16-12-14/h1-5,14,16H,6-13H2. The molecule has 3 nitrogen and oxygen atoms in total. The van der Waals surface area contributed by atoms with Gasteiger partial charge in [-0.2, -0.15) is 0 Å². The molecule has 3 heteroatoms. The molecule has 0 radical (unpaired) electrons. The SMILES string of the molecule is c1ccc(N2CCN(CC3CCNC3)CC2)cc1. The van der Waals surface area contributed by atoms with Crippen molar-refractivity contribution in [3.05, 3.63) is 30.3 Å². The summed E-state index contributed by atoms with van der Waals surface area (Å²) in [6, 6.07) is 10.8. The number of benzene rings is 1. The van der Waals surface area contributed by atoms with Crippen LogP contribution in [0.3, 0.4) is 0 Å².